The maximum absolute atomic E-state index is 4.88. The molecule has 44 heavy (non-hydrogen) atoms. The minimum absolute atomic E-state index is 0.0653. The van der Waals surface area contributed by atoms with Crippen LogP contribution in [0.5, 0.6) is 0 Å². The largest absolute Gasteiger partial charge is 0.241 e. The number of benzene rings is 2. The van der Waals surface area contributed by atoms with Crippen LogP contribution in [-0.2, 0) is 17.4 Å². The van der Waals surface area contributed by atoms with Crippen molar-refractivity contribution < 1.29 is 4.57 Å². The fourth-order valence-electron chi connectivity index (χ4n) is 4.78. The molecule has 0 aliphatic carbocycles. The van der Waals surface area contributed by atoms with Crippen molar-refractivity contribution in [1.82, 2.24) is 9.97 Å². The number of aromatic nitrogens is 3. The molecule has 0 N–H and O–H groups in total. The number of rotatable bonds is 8. The number of nitrogens with zero attached hydrogens (tertiary/aromatic N) is 3. The van der Waals surface area contributed by atoms with Crippen LogP contribution in [0.1, 0.15) is 89.3 Å². The van der Waals surface area contributed by atoms with Crippen molar-refractivity contribution >= 4 is 47.0 Å². The second kappa shape index (κ2) is 13.1. The first-order valence-corrected chi connectivity index (χ1v) is 17.1. The van der Waals surface area contributed by atoms with Crippen LogP contribution in [-0.4, -0.2) is 9.97 Å². The normalized spacial score (nSPS) is 12.7. The average molecular weight is 619 g/mol. The molecule has 0 spiro atoms. The first kappa shape index (κ1) is 31.7. The van der Waals surface area contributed by atoms with Gasteiger partial charge in [-0.25, -0.2) is 9.97 Å². The highest BCUT2D eigenvalue weighted by Gasteiger charge is 2.19. The average Bonchev–Trinajstić information content (AvgIpc) is 3.67. The molecule has 0 aliphatic rings. The fourth-order valence-corrected chi connectivity index (χ4v) is 6.89. The van der Waals surface area contributed by atoms with Crippen molar-refractivity contribution in [1.29, 1.82) is 0 Å². The number of hydrogen-bond acceptors (Lipinski definition) is 4. The Labute approximate surface area is 271 Å². The third-order valence-corrected chi connectivity index (χ3v) is 9.24. The molecule has 226 valence electrons. The van der Waals surface area contributed by atoms with Gasteiger partial charge in [0.1, 0.15) is 10.0 Å². The monoisotopic (exact) mass is 618 g/mol. The molecule has 0 bridgehead atoms. The van der Waals surface area contributed by atoms with Crippen LogP contribution in [0.25, 0.3) is 45.4 Å². The van der Waals surface area contributed by atoms with Crippen LogP contribution >= 0.6 is 22.7 Å². The highest BCUT2D eigenvalue weighted by molar-refractivity contribution is 7.13. The number of pyridine rings is 1. The van der Waals surface area contributed by atoms with E-state index in [4.69, 9.17) is 9.97 Å². The summed E-state index contributed by atoms with van der Waals surface area (Å²) in [5, 5.41) is 6.51. The summed E-state index contributed by atoms with van der Waals surface area (Å²) in [7, 11) is 0. The Morgan fingerprint density at radius 2 is 1.02 bits per heavy atom. The molecule has 0 aliphatic heterocycles. The van der Waals surface area contributed by atoms with Gasteiger partial charge in [-0.1, -0.05) is 104 Å². The zero-order valence-electron chi connectivity index (χ0n) is 27.3. The van der Waals surface area contributed by atoms with Crippen LogP contribution in [0.3, 0.4) is 0 Å². The van der Waals surface area contributed by atoms with Gasteiger partial charge in [-0.15, -0.1) is 22.7 Å². The number of thiazole rings is 2. The Morgan fingerprint density at radius 1 is 0.614 bits per heavy atom. The van der Waals surface area contributed by atoms with Crippen molar-refractivity contribution in [3.63, 3.8) is 0 Å². The first-order valence-electron chi connectivity index (χ1n) is 15.4. The summed E-state index contributed by atoms with van der Waals surface area (Å²) in [6.07, 6.45) is 8.86. The minimum atomic E-state index is 0.0653. The molecule has 0 unspecified atom stereocenters. The molecule has 3 nitrogen and oxygen atoms in total. The molecule has 2 aromatic carbocycles. The Hall–Kier alpha value is -3.67. The minimum Gasteiger partial charge on any atom is -0.241 e. The van der Waals surface area contributed by atoms with Gasteiger partial charge in [-0.05, 0) is 29.3 Å². The Bertz CT molecular complexity index is 1630. The van der Waals surface area contributed by atoms with E-state index in [0.717, 1.165) is 27.9 Å². The van der Waals surface area contributed by atoms with Crippen molar-refractivity contribution in [2.75, 3.05) is 0 Å². The lowest BCUT2D eigenvalue weighted by Gasteiger charge is -2.14. The van der Waals surface area contributed by atoms with Crippen LogP contribution < -0.4 is 4.57 Å². The van der Waals surface area contributed by atoms with E-state index >= 15 is 0 Å². The molecular weight excluding hydrogens is 575 g/mol. The van der Waals surface area contributed by atoms with Gasteiger partial charge in [-0.2, -0.15) is 4.57 Å². The van der Waals surface area contributed by atoms with Crippen molar-refractivity contribution in [3.05, 3.63) is 111 Å². The molecule has 3 heterocycles. The van der Waals surface area contributed by atoms with E-state index in [-0.39, 0.29) is 10.8 Å². The molecule has 0 saturated heterocycles. The van der Waals surface area contributed by atoms with E-state index in [9.17, 15) is 0 Å². The zero-order valence-corrected chi connectivity index (χ0v) is 28.9. The predicted octanol–water partition coefficient (Wildman–Crippen LogP) is 10.8. The van der Waals surface area contributed by atoms with Crippen LogP contribution in [0.2, 0.25) is 0 Å². The highest BCUT2D eigenvalue weighted by Crippen LogP contribution is 2.31. The topological polar surface area (TPSA) is 29.7 Å². The van der Waals surface area contributed by atoms with E-state index in [1.165, 1.54) is 33.6 Å². The Kier molecular flexibility index (Phi) is 9.48. The van der Waals surface area contributed by atoms with Crippen molar-refractivity contribution in [2.24, 2.45) is 5.92 Å². The lowest BCUT2D eigenvalue weighted by atomic mass is 9.93. The quantitative estimate of drug-likeness (QED) is 0.162. The summed E-state index contributed by atoms with van der Waals surface area (Å²) in [5.74, 6) is 0.521. The molecule has 5 heteroatoms. The Morgan fingerprint density at radius 3 is 1.36 bits per heavy atom. The summed E-state index contributed by atoms with van der Waals surface area (Å²) >= 11 is 3.44. The lowest BCUT2D eigenvalue weighted by Crippen LogP contribution is -2.42. The van der Waals surface area contributed by atoms with Gasteiger partial charge in [0.05, 0.1) is 11.4 Å². The van der Waals surface area contributed by atoms with Crippen LogP contribution in [0.15, 0.2) is 77.5 Å². The van der Waals surface area contributed by atoms with E-state index in [1.807, 2.05) is 0 Å². The fraction of sp³-hybridized carbons (Fsp3) is 0.308. The van der Waals surface area contributed by atoms with Gasteiger partial charge < -0.3 is 0 Å². The predicted molar refractivity (Wildman–Crippen MR) is 192 cm³/mol. The van der Waals surface area contributed by atoms with E-state index in [1.54, 1.807) is 22.7 Å². The second-order valence-electron chi connectivity index (χ2n) is 13.9. The SMILES string of the molecule is CC(C)C[n+]1c(/C=C/c2ccc(-c3nc(C(C)(C)C)cs3)cc2)cccc1/C=C/c1ccc(-c2nc(C(C)(C)C)cs2)cc1. The van der Waals surface area contributed by atoms with Gasteiger partial charge in [0.2, 0.25) is 11.4 Å². The molecule has 5 aromatic rings. The summed E-state index contributed by atoms with van der Waals surface area (Å²) in [6, 6.07) is 24.0. The molecule has 0 atom stereocenters. The van der Waals surface area contributed by atoms with Gasteiger partial charge in [-0.3, -0.25) is 0 Å². The first-order chi connectivity index (χ1) is 20.9. The maximum Gasteiger partial charge on any atom is 0.205 e. The van der Waals surface area contributed by atoms with E-state index in [0.29, 0.717) is 5.92 Å². The van der Waals surface area contributed by atoms with E-state index in [2.05, 4.69) is 162 Å². The van der Waals surface area contributed by atoms with Crippen LogP contribution in [0.4, 0.5) is 0 Å². The third kappa shape index (κ3) is 7.88. The molecule has 0 fully saturated rings. The summed E-state index contributed by atoms with van der Waals surface area (Å²) < 4.78 is 2.41. The summed E-state index contributed by atoms with van der Waals surface area (Å²) in [5.41, 5.74) is 9.48. The van der Waals surface area contributed by atoms with Gasteiger partial charge >= 0.3 is 0 Å². The second-order valence-corrected chi connectivity index (χ2v) is 15.6. The third-order valence-electron chi connectivity index (χ3n) is 7.46. The maximum atomic E-state index is 4.88. The van der Waals surface area contributed by atoms with Gasteiger partial charge in [0, 0.05) is 62.9 Å². The molecular formula is C39H44N3S2+. The zero-order chi connectivity index (χ0) is 31.5. The lowest BCUT2D eigenvalue weighted by molar-refractivity contribution is -0.705. The summed E-state index contributed by atoms with van der Waals surface area (Å²) in [6.45, 7) is 18.7. The highest BCUT2D eigenvalue weighted by atomic mass is 32.1. The molecule has 0 amide bonds. The van der Waals surface area contributed by atoms with Crippen LogP contribution in [0, 0.1) is 5.92 Å². The van der Waals surface area contributed by atoms with Crippen molar-refractivity contribution in [3.8, 4) is 21.1 Å². The molecule has 5 rings (SSSR count). The smallest absolute Gasteiger partial charge is 0.205 e. The molecule has 0 radical (unpaired) electrons. The van der Waals surface area contributed by atoms with Crippen molar-refractivity contribution in [2.45, 2.75) is 72.8 Å². The molecule has 0 saturated carbocycles. The van der Waals surface area contributed by atoms with Gasteiger partial charge in [0.25, 0.3) is 0 Å². The number of hydrogen-bond donors (Lipinski definition) is 0. The Balaban J connectivity index is 1.33. The standard InChI is InChI=1S/C39H44N3S2/c1-27(2)24-42-32(22-16-28-12-18-30(19-13-28)36-40-34(25-43-36)38(3,4)5)10-9-11-33(42)23-17-29-14-20-31(21-15-29)37-41-35(26-44-37)39(6,7)8/h9-23,25-27H,24H2,1-8H3/q+1/b22-16+,23-17+. The van der Waals surface area contributed by atoms with E-state index < -0.39 is 0 Å². The molecule has 3 aromatic heterocycles. The van der Waals surface area contributed by atoms with Gasteiger partial charge in [0.15, 0.2) is 6.54 Å². The summed E-state index contributed by atoms with van der Waals surface area (Å²) in [4.78, 5) is 9.76.